The molecule has 2 aliphatic heterocycles. The first-order valence-corrected chi connectivity index (χ1v) is 11.3. The molecule has 1 saturated heterocycles. The number of thiophene rings is 1. The van der Waals surface area contributed by atoms with Crippen LogP contribution in [-0.4, -0.2) is 45.3 Å². The molecule has 1 unspecified atom stereocenters. The van der Waals surface area contributed by atoms with E-state index in [4.69, 9.17) is 4.74 Å². The van der Waals surface area contributed by atoms with E-state index in [-0.39, 0.29) is 5.91 Å². The fourth-order valence-electron chi connectivity index (χ4n) is 4.68. The molecule has 1 saturated carbocycles. The first-order valence-electron chi connectivity index (χ1n) is 10.4. The number of benzene rings is 1. The average molecular weight is 399 g/mol. The highest BCUT2D eigenvalue weighted by Gasteiger charge is 2.43. The minimum Gasteiger partial charge on any atom is -0.378 e. The van der Waals surface area contributed by atoms with E-state index in [1.165, 1.54) is 29.0 Å². The van der Waals surface area contributed by atoms with Crippen molar-refractivity contribution in [3.63, 3.8) is 0 Å². The molecule has 1 aromatic heterocycles. The zero-order valence-electron chi connectivity index (χ0n) is 16.2. The predicted molar refractivity (Wildman–Crippen MR) is 112 cm³/mol. The molecule has 0 spiro atoms. The summed E-state index contributed by atoms with van der Waals surface area (Å²) in [5, 5.41) is 5.34. The summed E-state index contributed by atoms with van der Waals surface area (Å²) >= 11 is 1.89. The normalized spacial score (nSPS) is 24.6. The lowest BCUT2D eigenvalue weighted by molar-refractivity contribution is -0.928. The van der Waals surface area contributed by atoms with Gasteiger partial charge >= 0.3 is 0 Å². The molecule has 2 N–H and O–H groups in total. The summed E-state index contributed by atoms with van der Waals surface area (Å²) in [5.74, 6) is 0.891. The van der Waals surface area contributed by atoms with Gasteiger partial charge in [-0.2, -0.15) is 0 Å². The third kappa shape index (κ3) is 3.81. The Kier molecular flexibility index (Phi) is 5.09. The summed E-state index contributed by atoms with van der Waals surface area (Å²) in [4.78, 5) is 18.1. The third-order valence-corrected chi connectivity index (χ3v) is 7.23. The number of nitrogens with zero attached hydrogens (tertiary/aromatic N) is 1. The summed E-state index contributed by atoms with van der Waals surface area (Å²) in [6.45, 7) is 5.05. The van der Waals surface area contributed by atoms with Gasteiger partial charge in [-0.3, -0.25) is 4.79 Å². The molecule has 0 bridgehead atoms. The Hall–Kier alpha value is -1.89. The Labute approximate surface area is 170 Å². The van der Waals surface area contributed by atoms with Crippen LogP contribution in [0.4, 0.5) is 11.4 Å². The molecular formula is C22H28N3O2S+. The van der Waals surface area contributed by atoms with Crippen molar-refractivity contribution in [2.45, 2.75) is 25.3 Å². The van der Waals surface area contributed by atoms with E-state index in [1.54, 1.807) is 4.88 Å². The fourth-order valence-corrected chi connectivity index (χ4v) is 5.61. The van der Waals surface area contributed by atoms with Crippen LogP contribution in [0, 0.1) is 5.92 Å². The van der Waals surface area contributed by atoms with E-state index in [1.807, 2.05) is 23.5 Å². The number of fused-ring (bicyclic) bond motifs is 1. The Bertz CT molecular complexity index is 825. The van der Waals surface area contributed by atoms with Gasteiger partial charge in [-0.05, 0) is 48.6 Å². The third-order valence-electron chi connectivity index (χ3n) is 6.24. The molecule has 1 aromatic carbocycles. The standard InChI is InChI=1S/C22H27N3O2S/c26-21(23-17-3-5-18(6-4-17)24-10-12-27-13-11-24)15-25-9-7-20-19(8-14-28-20)22(25)16-1-2-16/h3-6,8,14,16,22H,1-2,7,9-13,15H2,(H,23,26)/p+1/t22-/m0/s1. The van der Waals surface area contributed by atoms with Crippen molar-refractivity contribution < 1.29 is 14.4 Å². The average Bonchev–Trinajstić information content (AvgIpc) is 3.45. The molecule has 28 heavy (non-hydrogen) atoms. The number of carbonyl (C=O) groups excluding carboxylic acids is 1. The van der Waals surface area contributed by atoms with Crippen molar-refractivity contribution in [2.75, 3.05) is 49.6 Å². The molecule has 0 radical (unpaired) electrons. The van der Waals surface area contributed by atoms with Crippen molar-refractivity contribution in [3.8, 4) is 0 Å². The van der Waals surface area contributed by atoms with Gasteiger partial charge < -0.3 is 19.9 Å². The fraction of sp³-hybridized carbons (Fsp3) is 0.500. The lowest BCUT2D eigenvalue weighted by Gasteiger charge is -2.32. The predicted octanol–water partition coefficient (Wildman–Crippen LogP) is 2.12. The number of nitrogens with one attached hydrogen (secondary N) is 2. The second kappa shape index (κ2) is 7.85. The van der Waals surface area contributed by atoms with E-state index >= 15 is 0 Å². The largest absolute Gasteiger partial charge is 0.378 e. The van der Waals surface area contributed by atoms with E-state index in [9.17, 15) is 4.79 Å². The van der Waals surface area contributed by atoms with E-state index in [0.717, 1.165) is 50.9 Å². The quantitative estimate of drug-likeness (QED) is 0.811. The molecule has 1 amide bonds. The summed E-state index contributed by atoms with van der Waals surface area (Å²) in [5.41, 5.74) is 3.59. The number of anilines is 2. The van der Waals surface area contributed by atoms with Crippen LogP contribution in [0.2, 0.25) is 0 Å². The van der Waals surface area contributed by atoms with Gasteiger partial charge in [-0.1, -0.05) is 0 Å². The topological polar surface area (TPSA) is 46.0 Å². The smallest absolute Gasteiger partial charge is 0.279 e. The van der Waals surface area contributed by atoms with Crippen LogP contribution in [0.25, 0.3) is 0 Å². The highest BCUT2D eigenvalue weighted by Crippen LogP contribution is 2.42. The van der Waals surface area contributed by atoms with Crippen LogP contribution < -0.4 is 15.1 Å². The second-order valence-electron chi connectivity index (χ2n) is 8.14. The summed E-state index contributed by atoms with van der Waals surface area (Å²) in [7, 11) is 0. The van der Waals surface area contributed by atoms with Gasteiger partial charge in [-0.25, -0.2) is 0 Å². The first kappa shape index (κ1) is 18.2. The van der Waals surface area contributed by atoms with Crippen molar-refractivity contribution in [1.29, 1.82) is 0 Å². The lowest BCUT2D eigenvalue weighted by atomic mass is 9.96. The maximum Gasteiger partial charge on any atom is 0.279 e. The maximum absolute atomic E-state index is 12.7. The van der Waals surface area contributed by atoms with Gasteiger partial charge in [0.25, 0.3) is 5.91 Å². The Morgan fingerprint density at radius 1 is 1.18 bits per heavy atom. The monoisotopic (exact) mass is 398 g/mol. The minimum absolute atomic E-state index is 0.124. The number of hydrogen-bond acceptors (Lipinski definition) is 4. The molecule has 1 aliphatic carbocycles. The number of carbonyl (C=O) groups is 1. The lowest BCUT2D eigenvalue weighted by Crippen LogP contribution is -3.14. The second-order valence-corrected chi connectivity index (χ2v) is 9.14. The van der Waals surface area contributed by atoms with Crippen LogP contribution in [0.5, 0.6) is 0 Å². The molecule has 3 aliphatic rings. The van der Waals surface area contributed by atoms with Crippen LogP contribution in [0.1, 0.15) is 29.3 Å². The number of amides is 1. The van der Waals surface area contributed by atoms with Crippen LogP contribution in [-0.2, 0) is 16.0 Å². The molecule has 5 rings (SSSR count). The van der Waals surface area contributed by atoms with E-state index in [2.05, 4.69) is 33.8 Å². The number of rotatable bonds is 5. The van der Waals surface area contributed by atoms with E-state index < -0.39 is 0 Å². The zero-order chi connectivity index (χ0) is 18.9. The van der Waals surface area contributed by atoms with Gasteiger partial charge in [0.1, 0.15) is 6.04 Å². The van der Waals surface area contributed by atoms with Crippen LogP contribution in [0.15, 0.2) is 35.7 Å². The summed E-state index contributed by atoms with van der Waals surface area (Å²) < 4.78 is 5.42. The molecule has 2 atom stereocenters. The first-order chi connectivity index (χ1) is 13.8. The Balaban J connectivity index is 1.21. The number of hydrogen-bond donors (Lipinski definition) is 2. The number of quaternary nitrogens is 1. The van der Waals surface area contributed by atoms with Crippen molar-refractivity contribution in [2.24, 2.45) is 5.92 Å². The van der Waals surface area contributed by atoms with Crippen molar-refractivity contribution in [1.82, 2.24) is 0 Å². The Morgan fingerprint density at radius 3 is 2.71 bits per heavy atom. The van der Waals surface area contributed by atoms with Crippen LogP contribution >= 0.6 is 11.3 Å². The highest BCUT2D eigenvalue weighted by molar-refractivity contribution is 7.10. The minimum atomic E-state index is 0.124. The Morgan fingerprint density at radius 2 is 1.96 bits per heavy atom. The molecule has 148 valence electrons. The molecule has 6 heteroatoms. The van der Waals surface area contributed by atoms with Crippen LogP contribution in [0.3, 0.4) is 0 Å². The summed E-state index contributed by atoms with van der Waals surface area (Å²) in [6.07, 6.45) is 3.73. The number of ether oxygens (including phenoxy) is 1. The maximum atomic E-state index is 12.7. The van der Waals surface area contributed by atoms with Crippen molar-refractivity contribution >= 4 is 28.6 Å². The van der Waals surface area contributed by atoms with Gasteiger partial charge in [-0.15, -0.1) is 11.3 Å². The van der Waals surface area contributed by atoms with Gasteiger partial charge in [0, 0.05) is 47.2 Å². The molecule has 2 aromatic rings. The SMILES string of the molecule is O=C(C[NH+]1CCc2sccc2[C@@H]1C1CC1)Nc1ccc(N2CCOCC2)cc1. The molecule has 3 heterocycles. The van der Waals surface area contributed by atoms with Gasteiger partial charge in [0.2, 0.25) is 0 Å². The van der Waals surface area contributed by atoms with Crippen molar-refractivity contribution in [3.05, 3.63) is 46.2 Å². The van der Waals surface area contributed by atoms with Gasteiger partial charge in [0.05, 0.1) is 19.8 Å². The summed E-state index contributed by atoms with van der Waals surface area (Å²) in [6, 6.07) is 11.0. The molecule has 5 nitrogen and oxygen atoms in total. The van der Waals surface area contributed by atoms with Gasteiger partial charge in [0.15, 0.2) is 6.54 Å². The zero-order valence-corrected chi connectivity index (χ0v) is 17.0. The molecule has 2 fully saturated rings. The van der Waals surface area contributed by atoms with E-state index in [0.29, 0.717) is 12.6 Å². The number of morpholine rings is 1. The molecular weight excluding hydrogens is 370 g/mol. The highest BCUT2D eigenvalue weighted by atomic mass is 32.1.